The van der Waals surface area contributed by atoms with E-state index in [2.05, 4.69) is 5.32 Å². The van der Waals surface area contributed by atoms with E-state index in [-0.39, 0.29) is 0 Å². The Bertz CT molecular complexity index is 84.3. The molecule has 0 N–H and O–H groups in total. The fraction of sp³-hybridized carbons (Fsp3) is 1.00. The molecule has 0 radical (unpaired) electrons. The van der Waals surface area contributed by atoms with Gasteiger partial charge in [-0.2, -0.15) is 0 Å². The summed E-state index contributed by atoms with van der Waals surface area (Å²) in [5.41, 5.74) is 0.514. The van der Waals surface area contributed by atoms with Crippen molar-refractivity contribution in [2.45, 2.75) is 44.1 Å². The van der Waals surface area contributed by atoms with Crippen molar-refractivity contribution in [3.63, 3.8) is 0 Å². The van der Waals surface area contributed by atoms with Crippen molar-refractivity contribution < 1.29 is 0 Å². The van der Waals surface area contributed by atoms with Crippen LogP contribution in [-0.2, 0) is 0 Å². The SMILES string of the molecule is C1CCC2(C1)CCC[N-]2.[Rf]. The molecule has 1 heterocycles. The summed E-state index contributed by atoms with van der Waals surface area (Å²) in [5.74, 6) is 0. The third kappa shape index (κ3) is 0.860. The van der Waals surface area contributed by atoms with Gasteiger partial charge in [0, 0.05) is 0 Å². The van der Waals surface area contributed by atoms with Gasteiger partial charge in [0.25, 0.3) is 0 Å². The summed E-state index contributed by atoms with van der Waals surface area (Å²) in [6.07, 6.45) is 8.42. The molecule has 0 aromatic rings. The molecule has 2 rings (SSSR count). The quantitative estimate of drug-likeness (QED) is 0.603. The first-order chi connectivity index (χ1) is 4.41. The fourth-order valence-corrected chi connectivity index (χ4v) is 2.24. The smallest absolute Gasteiger partial charge is 0 e. The maximum atomic E-state index is 4.67. The van der Waals surface area contributed by atoms with E-state index in [4.69, 9.17) is 0 Å². The molecular formula is C8H14NRf-. The van der Waals surface area contributed by atoms with Gasteiger partial charge in [-0.15, -0.1) is 12.1 Å². The molecule has 0 unspecified atom stereocenters. The molecule has 2 aliphatic rings. The minimum Gasteiger partial charge on any atom is -0.657 e. The maximum Gasteiger partial charge on any atom is 0 e. The largest absolute Gasteiger partial charge is 0.657 e. The summed E-state index contributed by atoms with van der Waals surface area (Å²) in [5, 5.41) is 4.67. The molecule has 0 aromatic carbocycles. The minimum atomic E-state index is 0. The topological polar surface area (TPSA) is 14.1 Å². The molecule has 54 valence electrons. The van der Waals surface area contributed by atoms with Crippen molar-refractivity contribution in [2.75, 3.05) is 6.54 Å². The molecule has 2 fully saturated rings. The molecule has 0 atom stereocenters. The molecule has 1 aliphatic heterocycles. The van der Waals surface area contributed by atoms with E-state index in [1.165, 1.54) is 38.5 Å². The Labute approximate surface area is 56.8 Å². The van der Waals surface area contributed by atoms with Crippen LogP contribution >= 0.6 is 0 Å². The van der Waals surface area contributed by atoms with Crippen LogP contribution in [0.4, 0.5) is 0 Å². The molecule has 0 amide bonds. The van der Waals surface area contributed by atoms with Crippen LogP contribution in [0.15, 0.2) is 0 Å². The molecule has 1 nitrogen and oxygen atoms in total. The van der Waals surface area contributed by atoms with Crippen LogP contribution in [0.25, 0.3) is 5.32 Å². The van der Waals surface area contributed by atoms with E-state index >= 15 is 0 Å². The van der Waals surface area contributed by atoms with Crippen molar-refractivity contribution in [3.05, 3.63) is 5.32 Å². The van der Waals surface area contributed by atoms with Gasteiger partial charge in [-0.1, -0.05) is 38.5 Å². The Kier molecular flexibility index (Phi) is 1.62. The molecular weight excluding hydrogens is 377 g/mol. The van der Waals surface area contributed by atoms with Crippen molar-refractivity contribution in [3.8, 4) is 0 Å². The monoisotopic (exact) mass is 391 g/mol. The zero-order valence-electron chi connectivity index (χ0n) is 6.60. The van der Waals surface area contributed by atoms with Gasteiger partial charge in [-0.25, -0.2) is 0 Å². The Morgan fingerprint density at radius 3 is 2.00 bits per heavy atom. The van der Waals surface area contributed by atoms with Crippen molar-refractivity contribution in [1.29, 1.82) is 0 Å². The van der Waals surface area contributed by atoms with Crippen LogP contribution in [0, 0.1) is 0 Å². The Balaban J connectivity index is 0.000000500. The predicted octanol–water partition coefficient (Wildman–Crippen LogP) is 2.47. The van der Waals surface area contributed by atoms with E-state index in [0.717, 1.165) is 6.54 Å². The van der Waals surface area contributed by atoms with Crippen LogP contribution in [-0.4, -0.2) is 12.1 Å². The van der Waals surface area contributed by atoms with Crippen LogP contribution in [0.2, 0.25) is 0 Å². The minimum absolute atomic E-state index is 0. The molecule has 10 heavy (non-hydrogen) atoms. The zero-order valence-corrected chi connectivity index (χ0v) is 13.0. The van der Waals surface area contributed by atoms with Gasteiger partial charge in [0.1, 0.15) is 0 Å². The first kappa shape index (κ1) is 7.07. The summed E-state index contributed by atoms with van der Waals surface area (Å²) in [4.78, 5) is 0. The van der Waals surface area contributed by atoms with Crippen LogP contribution in [0.5, 0.6) is 0 Å². The second kappa shape index (κ2) is 2.30. The average Bonchev–Trinajstić information content (AvgIpc) is 2.45. The summed E-state index contributed by atoms with van der Waals surface area (Å²) in [6.45, 7) is 1.15. The van der Waals surface area contributed by atoms with Gasteiger partial charge in [0.05, 0.1) is 0 Å². The van der Waals surface area contributed by atoms with Gasteiger partial charge < -0.3 is 5.32 Å². The Hall–Kier alpha value is -1.04. The molecule has 0 aromatic heterocycles. The zero-order chi connectivity index (χ0) is 6.16. The van der Waals surface area contributed by atoms with Crippen LogP contribution in [0.1, 0.15) is 38.5 Å². The average molecular weight is 391 g/mol. The summed E-state index contributed by atoms with van der Waals surface area (Å²) < 4.78 is 0. The van der Waals surface area contributed by atoms with E-state index in [1.54, 1.807) is 0 Å². The summed E-state index contributed by atoms with van der Waals surface area (Å²) in [7, 11) is 0. The molecule has 1 spiro atoms. The predicted molar refractivity (Wildman–Crippen MR) is 38.7 cm³/mol. The van der Waals surface area contributed by atoms with Gasteiger partial charge in [-0.05, 0) is 0 Å². The number of hydrogen-bond donors (Lipinski definition) is 0. The summed E-state index contributed by atoms with van der Waals surface area (Å²) in [6, 6.07) is 0. The molecule has 0 bridgehead atoms. The third-order valence-corrected chi connectivity index (χ3v) is 2.78. The van der Waals surface area contributed by atoms with Gasteiger partial charge in [0.2, 0.25) is 0 Å². The van der Waals surface area contributed by atoms with Gasteiger partial charge in [-0.3, -0.25) is 0 Å². The second-order valence-corrected chi connectivity index (χ2v) is 3.42. The molecule has 2 heteroatoms. The third-order valence-electron chi connectivity index (χ3n) is 2.78. The van der Waals surface area contributed by atoms with Crippen LogP contribution < -0.4 is 0 Å². The normalized spacial score (nSPS) is 28.8. The van der Waals surface area contributed by atoms with Crippen molar-refractivity contribution in [2.24, 2.45) is 0 Å². The first-order valence-electron chi connectivity index (χ1n) is 4.10. The van der Waals surface area contributed by atoms with Gasteiger partial charge in [0.15, 0.2) is 0 Å². The first-order valence-corrected chi connectivity index (χ1v) is 4.10. The molecule has 1 saturated carbocycles. The van der Waals surface area contributed by atoms with Crippen molar-refractivity contribution >= 4 is 0 Å². The summed E-state index contributed by atoms with van der Waals surface area (Å²) >= 11 is 0. The van der Waals surface area contributed by atoms with E-state index < -0.39 is 0 Å². The number of hydrogen-bond acceptors (Lipinski definition) is 0. The van der Waals surface area contributed by atoms with Gasteiger partial charge >= 0.3 is 0 Å². The Morgan fingerprint density at radius 2 is 1.50 bits per heavy atom. The number of nitrogens with zero attached hydrogens (tertiary/aromatic N) is 1. The standard InChI is InChI=1S/C8H14N.Rf/c1-2-5-8(4-1)6-3-7-9-8;/h1-7H2;/q-1;. The number of rotatable bonds is 0. The van der Waals surface area contributed by atoms with E-state index in [0.29, 0.717) is 5.54 Å². The maximum absolute atomic E-state index is 4.67. The van der Waals surface area contributed by atoms with E-state index in [1.807, 2.05) is 0 Å². The van der Waals surface area contributed by atoms with E-state index in [9.17, 15) is 0 Å². The van der Waals surface area contributed by atoms with Crippen molar-refractivity contribution in [1.82, 2.24) is 0 Å². The fourth-order valence-electron chi connectivity index (χ4n) is 2.24. The Morgan fingerprint density at radius 1 is 0.900 bits per heavy atom. The molecule has 1 saturated heterocycles. The molecule has 1 aliphatic carbocycles. The van der Waals surface area contributed by atoms with Crippen LogP contribution in [0.3, 0.4) is 0 Å². The second-order valence-electron chi connectivity index (χ2n) is 3.42.